The van der Waals surface area contributed by atoms with Gasteiger partial charge in [0.1, 0.15) is 11.3 Å². The van der Waals surface area contributed by atoms with Gasteiger partial charge in [0.2, 0.25) is 0 Å². The predicted octanol–water partition coefficient (Wildman–Crippen LogP) is 1.62. The summed E-state index contributed by atoms with van der Waals surface area (Å²) in [5.41, 5.74) is -0.659. The molecule has 0 aliphatic heterocycles. The molecule has 0 spiro atoms. The summed E-state index contributed by atoms with van der Waals surface area (Å²) < 4.78 is 4.81. The molecule has 6 heteroatoms. The van der Waals surface area contributed by atoms with Gasteiger partial charge in [-0.05, 0) is 13.0 Å². The van der Waals surface area contributed by atoms with E-state index in [1.165, 1.54) is 20.1 Å². The molecule has 0 bridgehead atoms. The van der Waals surface area contributed by atoms with Gasteiger partial charge in [0, 0.05) is 5.56 Å². The zero-order chi connectivity index (χ0) is 12.3. The number of rotatable bonds is 4. The second-order valence-electron chi connectivity index (χ2n) is 3.04. The molecule has 0 amide bonds. The molecule has 0 N–H and O–H groups in total. The maximum Gasteiger partial charge on any atom is 0.284 e. The first kappa shape index (κ1) is 11.8. The lowest BCUT2D eigenvalue weighted by Crippen LogP contribution is -2.05. The topological polar surface area (TPSA) is 86.5 Å². The van der Waals surface area contributed by atoms with E-state index in [9.17, 15) is 19.7 Å². The van der Waals surface area contributed by atoms with Crippen LogP contribution in [0.4, 0.5) is 5.69 Å². The predicted molar refractivity (Wildman–Crippen MR) is 55.0 cm³/mol. The number of methoxy groups -OCH3 is 1. The maximum atomic E-state index is 11.2. The number of carbonyl (C=O) groups is 2. The number of nitro groups is 1. The quantitative estimate of drug-likeness (QED) is 0.335. The molecule has 0 atom stereocenters. The number of ether oxygens (including phenoxy) is 1. The van der Waals surface area contributed by atoms with Crippen LogP contribution in [0.2, 0.25) is 0 Å². The number of ketones is 1. The van der Waals surface area contributed by atoms with Gasteiger partial charge in [0.25, 0.3) is 5.69 Å². The summed E-state index contributed by atoms with van der Waals surface area (Å²) in [4.78, 5) is 32.0. The van der Waals surface area contributed by atoms with E-state index in [1.807, 2.05) is 0 Å². The van der Waals surface area contributed by atoms with E-state index >= 15 is 0 Å². The number of hydrogen-bond donors (Lipinski definition) is 0. The maximum absolute atomic E-state index is 11.2. The Bertz CT molecular complexity index is 467. The molecule has 0 saturated heterocycles. The molecule has 1 aromatic rings. The van der Waals surface area contributed by atoms with Gasteiger partial charge in [-0.1, -0.05) is 0 Å². The van der Waals surface area contributed by atoms with Crippen molar-refractivity contribution in [2.45, 2.75) is 6.92 Å². The molecular weight excluding hydrogens is 214 g/mol. The van der Waals surface area contributed by atoms with Crippen LogP contribution in [0.25, 0.3) is 0 Å². The van der Waals surface area contributed by atoms with Crippen molar-refractivity contribution in [2.75, 3.05) is 7.11 Å². The molecule has 16 heavy (non-hydrogen) atoms. The van der Waals surface area contributed by atoms with Gasteiger partial charge >= 0.3 is 0 Å². The summed E-state index contributed by atoms with van der Waals surface area (Å²) in [6, 6.07) is 2.40. The van der Waals surface area contributed by atoms with E-state index in [2.05, 4.69) is 0 Å². The third-order valence-electron chi connectivity index (χ3n) is 2.03. The third-order valence-corrected chi connectivity index (χ3v) is 2.03. The van der Waals surface area contributed by atoms with Crippen LogP contribution in [0.1, 0.15) is 27.6 Å². The highest BCUT2D eigenvalue weighted by atomic mass is 16.6. The monoisotopic (exact) mass is 223 g/mol. The molecule has 6 nitrogen and oxygen atoms in total. The summed E-state index contributed by atoms with van der Waals surface area (Å²) >= 11 is 0. The third kappa shape index (κ3) is 2.05. The zero-order valence-electron chi connectivity index (χ0n) is 8.72. The Balaban J connectivity index is 3.60. The summed E-state index contributed by atoms with van der Waals surface area (Å²) in [6.07, 6.45) is 0.395. The normalized spacial score (nSPS) is 9.62. The lowest BCUT2D eigenvalue weighted by atomic mass is 10.0. The Labute approximate surface area is 91.0 Å². The molecule has 84 valence electrons. The standard InChI is InChI=1S/C10H9NO5/c1-6(13)10-7(5-12)3-8(16-2)4-9(10)11(14)15/h3-5H,1-2H3. The average Bonchev–Trinajstić information content (AvgIpc) is 2.26. The van der Waals surface area contributed by atoms with Crippen LogP contribution in [0.5, 0.6) is 5.75 Å². The van der Waals surface area contributed by atoms with Crippen molar-refractivity contribution in [3.63, 3.8) is 0 Å². The van der Waals surface area contributed by atoms with Crippen molar-refractivity contribution >= 4 is 17.8 Å². The Morgan fingerprint density at radius 3 is 2.50 bits per heavy atom. The van der Waals surface area contributed by atoms with Gasteiger partial charge in [0.05, 0.1) is 18.1 Å². The first-order valence-electron chi connectivity index (χ1n) is 4.33. The molecule has 0 aromatic heterocycles. The van der Waals surface area contributed by atoms with Crippen LogP contribution in [-0.2, 0) is 0 Å². The smallest absolute Gasteiger partial charge is 0.284 e. The van der Waals surface area contributed by atoms with Crippen molar-refractivity contribution in [3.8, 4) is 5.75 Å². The molecule has 0 radical (unpaired) electrons. The van der Waals surface area contributed by atoms with Crippen molar-refractivity contribution in [2.24, 2.45) is 0 Å². The van der Waals surface area contributed by atoms with Crippen molar-refractivity contribution < 1.29 is 19.2 Å². The van der Waals surface area contributed by atoms with Crippen LogP contribution < -0.4 is 4.74 Å². The van der Waals surface area contributed by atoms with E-state index in [0.717, 1.165) is 6.07 Å². The second-order valence-corrected chi connectivity index (χ2v) is 3.04. The van der Waals surface area contributed by atoms with Crippen LogP contribution in [0.15, 0.2) is 12.1 Å². The second kappa shape index (κ2) is 4.52. The van der Waals surface area contributed by atoms with E-state index in [-0.39, 0.29) is 16.9 Å². The lowest BCUT2D eigenvalue weighted by molar-refractivity contribution is -0.385. The number of aldehydes is 1. The van der Waals surface area contributed by atoms with E-state index in [0.29, 0.717) is 6.29 Å². The molecule has 0 heterocycles. The van der Waals surface area contributed by atoms with Gasteiger partial charge < -0.3 is 4.74 Å². The molecule has 0 fully saturated rings. The minimum absolute atomic E-state index is 0.0430. The zero-order valence-corrected chi connectivity index (χ0v) is 8.72. The molecular formula is C10H9NO5. The average molecular weight is 223 g/mol. The van der Waals surface area contributed by atoms with Crippen LogP contribution in [0.3, 0.4) is 0 Å². The minimum Gasteiger partial charge on any atom is -0.496 e. The molecule has 1 rings (SSSR count). The number of benzene rings is 1. The Hall–Kier alpha value is -2.24. The number of nitro benzene ring substituents is 1. The summed E-state index contributed by atoms with van der Waals surface area (Å²) in [5.74, 6) is -0.366. The highest BCUT2D eigenvalue weighted by Crippen LogP contribution is 2.28. The fourth-order valence-electron chi connectivity index (χ4n) is 1.36. The number of nitrogens with zero attached hydrogens (tertiary/aromatic N) is 1. The van der Waals surface area contributed by atoms with Crippen LogP contribution >= 0.6 is 0 Å². The van der Waals surface area contributed by atoms with E-state index < -0.39 is 16.4 Å². The van der Waals surface area contributed by atoms with Gasteiger partial charge in [0.15, 0.2) is 12.1 Å². The highest BCUT2D eigenvalue weighted by molar-refractivity contribution is 6.05. The molecule has 0 unspecified atom stereocenters. The Morgan fingerprint density at radius 1 is 1.50 bits per heavy atom. The van der Waals surface area contributed by atoms with Gasteiger partial charge in [-0.25, -0.2) is 0 Å². The summed E-state index contributed by atoms with van der Waals surface area (Å²) in [5, 5.41) is 10.7. The fourth-order valence-corrected chi connectivity index (χ4v) is 1.36. The van der Waals surface area contributed by atoms with Gasteiger partial charge in [-0.3, -0.25) is 19.7 Å². The number of Topliss-reactive ketones (excluding diaryl/α,β-unsaturated/α-hetero) is 1. The SMILES string of the molecule is COc1cc(C=O)c(C(C)=O)c([N+](=O)[O-])c1. The molecule has 1 aromatic carbocycles. The van der Waals surface area contributed by atoms with Crippen molar-refractivity contribution in [1.82, 2.24) is 0 Å². The summed E-state index contributed by atoms with van der Waals surface area (Å²) in [7, 11) is 1.32. The molecule has 0 saturated carbocycles. The van der Waals surface area contributed by atoms with E-state index in [1.54, 1.807) is 0 Å². The van der Waals surface area contributed by atoms with Crippen LogP contribution in [-0.4, -0.2) is 24.1 Å². The van der Waals surface area contributed by atoms with Crippen molar-refractivity contribution in [1.29, 1.82) is 0 Å². The number of carbonyl (C=O) groups excluding carboxylic acids is 2. The minimum atomic E-state index is -0.716. The summed E-state index contributed by atoms with van der Waals surface area (Å²) in [6.45, 7) is 1.17. The van der Waals surface area contributed by atoms with Gasteiger partial charge in [-0.15, -0.1) is 0 Å². The first-order chi connectivity index (χ1) is 7.51. The lowest BCUT2D eigenvalue weighted by Gasteiger charge is -2.05. The molecule has 0 aliphatic rings. The largest absolute Gasteiger partial charge is 0.496 e. The van der Waals surface area contributed by atoms with Crippen LogP contribution in [0, 0.1) is 10.1 Å². The fraction of sp³-hybridized carbons (Fsp3) is 0.200. The molecule has 0 aliphatic carbocycles. The Morgan fingerprint density at radius 2 is 2.12 bits per heavy atom. The van der Waals surface area contributed by atoms with Crippen molar-refractivity contribution in [3.05, 3.63) is 33.4 Å². The van der Waals surface area contributed by atoms with E-state index in [4.69, 9.17) is 4.74 Å². The first-order valence-corrected chi connectivity index (χ1v) is 4.33. The highest BCUT2D eigenvalue weighted by Gasteiger charge is 2.23. The number of hydrogen-bond acceptors (Lipinski definition) is 5. The van der Waals surface area contributed by atoms with Gasteiger partial charge in [-0.2, -0.15) is 0 Å². The Kier molecular flexibility index (Phi) is 3.34.